The van der Waals surface area contributed by atoms with Crippen molar-refractivity contribution in [2.75, 3.05) is 7.11 Å². The number of methoxy groups -OCH3 is 1. The fraction of sp³-hybridized carbons (Fsp3) is 0.167. The summed E-state index contributed by atoms with van der Waals surface area (Å²) in [4.78, 5) is 15.1. The molecule has 1 unspecified atom stereocenters. The average molecular weight is 399 g/mol. The van der Waals surface area contributed by atoms with Gasteiger partial charge in [-0.05, 0) is 48.9 Å². The molecule has 1 amide bonds. The van der Waals surface area contributed by atoms with Crippen LogP contribution >= 0.6 is 0 Å². The molecule has 30 heavy (non-hydrogen) atoms. The van der Waals surface area contributed by atoms with Crippen LogP contribution < -0.4 is 4.74 Å². The van der Waals surface area contributed by atoms with Crippen molar-refractivity contribution in [3.63, 3.8) is 0 Å². The number of hydrogen-bond acceptors (Lipinski definition) is 4. The van der Waals surface area contributed by atoms with Gasteiger partial charge in [0.1, 0.15) is 17.2 Å². The largest absolute Gasteiger partial charge is 0.497 e. The van der Waals surface area contributed by atoms with Crippen molar-refractivity contribution in [3.8, 4) is 17.0 Å². The number of nitrogens with one attached hydrogen (secondary N) is 1. The summed E-state index contributed by atoms with van der Waals surface area (Å²) in [6.45, 7) is 2.44. The van der Waals surface area contributed by atoms with Gasteiger partial charge in [-0.15, -0.1) is 0 Å². The van der Waals surface area contributed by atoms with Crippen LogP contribution in [0.3, 0.4) is 0 Å². The lowest BCUT2D eigenvalue weighted by molar-refractivity contribution is 0.0717. The number of benzene rings is 2. The summed E-state index contributed by atoms with van der Waals surface area (Å²) >= 11 is 0. The number of nitrogens with zero attached hydrogens (tertiary/aromatic N) is 2. The van der Waals surface area contributed by atoms with Crippen molar-refractivity contribution in [2.45, 2.75) is 19.5 Å². The Hall–Kier alpha value is -3.80. The van der Waals surface area contributed by atoms with E-state index in [-0.39, 0.29) is 11.9 Å². The second kappa shape index (κ2) is 7.22. The van der Waals surface area contributed by atoms with Crippen LogP contribution in [0.15, 0.2) is 71.3 Å². The summed E-state index contributed by atoms with van der Waals surface area (Å²) in [7, 11) is 1.64. The molecule has 1 N–H and O–H groups in total. The normalized spacial score (nSPS) is 15.5. The molecule has 1 aliphatic heterocycles. The fourth-order valence-electron chi connectivity index (χ4n) is 3.99. The van der Waals surface area contributed by atoms with Gasteiger partial charge in [0.2, 0.25) is 0 Å². The Bertz CT molecular complexity index is 1180. The Balaban J connectivity index is 1.63. The number of hydrogen-bond donors (Lipinski definition) is 1. The minimum absolute atomic E-state index is 0.0840. The van der Waals surface area contributed by atoms with Crippen LogP contribution in [-0.2, 0) is 6.54 Å². The number of carbonyl (C=O) groups is 1. The predicted octanol–water partition coefficient (Wildman–Crippen LogP) is 4.73. The third kappa shape index (κ3) is 2.97. The molecule has 0 aliphatic carbocycles. The van der Waals surface area contributed by atoms with Crippen molar-refractivity contribution in [1.29, 1.82) is 0 Å². The first-order valence-corrected chi connectivity index (χ1v) is 9.78. The molecule has 0 saturated heterocycles. The van der Waals surface area contributed by atoms with Gasteiger partial charge in [0.15, 0.2) is 0 Å². The predicted molar refractivity (Wildman–Crippen MR) is 112 cm³/mol. The molecular formula is C24H21N3O3. The van der Waals surface area contributed by atoms with E-state index in [0.717, 1.165) is 33.9 Å². The van der Waals surface area contributed by atoms with Gasteiger partial charge in [-0.2, -0.15) is 5.10 Å². The Labute approximate surface area is 174 Å². The number of H-pyrrole nitrogens is 1. The van der Waals surface area contributed by atoms with Crippen molar-refractivity contribution in [1.82, 2.24) is 15.1 Å². The van der Waals surface area contributed by atoms with Gasteiger partial charge < -0.3 is 14.1 Å². The zero-order chi connectivity index (χ0) is 20.7. The van der Waals surface area contributed by atoms with Crippen molar-refractivity contribution < 1.29 is 13.9 Å². The van der Waals surface area contributed by atoms with E-state index >= 15 is 0 Å². The van der Waals surface area contributed by atoms with Crippen molar-refractivity contribution in [3.05, 3.63) is 95.1 Å². The number of ether oxygens (including phenoxy) is 1. The minimum Gasteiger partial charge on any atom is -0.497 e. The quantitative estimate of drug-likeness (QED) is 0.527. The maximum absolute atomic E-state index is 13.3. The van der Waals surface area contributed by atoms with Crippen LogP contribution in [-0.4, -0.2) is 28.1 Å². The van der Waals surface area contributed by atoms with Crippen LogP contribution in [0.1, 0.15) is 39.0 Å². The van der Waals surface area contributed by atoms with Crippen LogP contribution in [0, 0.1) is 6.92 Å². The summed E-state index contributed by atoms with van der Waals surface area (Å²) in [5.41, 5.74) is 5.32. The maximum Gasteiger partial charge on any atom is 0.273 e. The summed E-state index contributed by atoms with van der Waals surface area (Å²) in [6.07, 6.45) is 1.63. The molecule has 0 fully saturated rings. The van der Waals surface area contributed by atoms with E-state index in [4.69, 9.17) is 9.15 Å². The highest BCUT2D eigenvalue weighted by atomic mass is 16.5. The molecule has 6 heteroatoms. The Morgan fingerprint density at radius 2 is 1.87 bits per heavy atom. The summed E-state index contributed by atoms with van der Waals surface area (Å²) in [6, 6.07) is 19.5. The summed E-state index contributed by atoms with van der Waals surface area (Å²) in [5.74, 6) is 1.43. The molecule has 150 valence electrons. The molecule has 1 aliphatic rings. The number of fused-ring (bicyclic) bond motifs is 1. The molecule has 0 radical (unpaired) electrons. The number of aromatic amines is 1. The second-order valence-corrected chi connectivity index (χ2v) is 7.42. The Kier molecular flexibility index (Phi) is 4.39. The summed E-state index contributed by atoms with van der Waals surface area (Å²) in [5, 5.41) is 7.48. The zero-order valence-electron chi connectivity index (χ0n) is 16.8. The maximum atomic E-state index is 13.3. The number of aromatic nitrogens is 2. The SMILES string of the molecule is COc1ccc(-c2n[nH]c3c2C(c2ccc(C)cc2)N(Cc2ccco2)C3=O)cc1. The molecule has 2 aromatic carbocycles. The molecule has 6 nitrogen and oxygen atoms in total. The molecule has 5 rings (SSSR count). The molecule has 0 saturated carbocycles. The number of carbonyl (C=O) groups excluding carboxylic acids is 1. The van der Waals surface area contributed by atoms with Gasteiger partial charge >= 0.3 is 0 Å². The minimum atomic E-state index is -0.256. The lowest BCUT2D eigenvalue weighted by atomic mass is 9.95. The third-order valence-corrected chi connectivity index (χ3v) is 5.53. The molecule has 0 spiro atoms. The number of furan rings is 1. The first kappa shape index (κ1) is 18.2. The lowest BCUT2D eigenvalue weighted by Gasteiger charge is -2.25. The lowest BCUT2D eigenvalue weighted by Crippen LogP contribution is -2.28. The third-order valence-electron chi connectivity index (χ3n) is 5.53. The van der Waals surface area contributed by atoms with Crippen molar-refractivity contribution >= 4 is 5.91 Å². The fourth-order valence-corrected chi connectivity index (χ4v) is 3.99. The molecule has 3 heterocycles. The molecule has 1 atom stereocenters. The van der Waals surface area contributed by atoms with E-state index in [1.54, 1.807) is 13.4 Å². The number of amides is 1. The second-order valence-electron chi connectivity index (χ2n) is 7.42. The highest BCUT2D eigenvalue weighted by molar-refractivity contribution is 6.00. The Morgan fingerprint density at radius 1 is 1.10 bits per heavy atom. The van der Waals surface area contributed by atoms with E-state index in [1.165, 1.54) is 5.56 Å². The van der Waals surface area contributed by atoms with Gasteiger partial charge in [0.25, 0.3) is 5.91 Å². The first-order chi connectivity index (χ1) is 14.7. The van der Waals surface area contributed by atoms with E-state index in [9.17, 15) is 4.79 Å². The average Bonchev–Trinajstić information content (AvgIpc) is 3.49. The van der Waals surface area contributed by atoms with E-state index < -0.39 is 0 Å². The molecule has 0 bridgehead atoms. The van der Waals surface area contributed by atoms with Crippen LogP contribution in [0.5, 0.6) is 5.75 Å². The molecule has 4 aromatic rings. The van der Waals surface area contributed by atoms with Gasteiger partial charge in [-0.3, -0.25) is 9.89 Å². The van der Waals surface area contributed by atoms with Crippen molar-refractivity contribution in [2.24, 2.45) is 0 Å². The monoisotopic (exact) mass is 399 g/mol. The Morgan fingerprint density at radius 3 is 2.53 bits per heavy atom. The molecular weight excluding hydrogens is 378 g/mol. The number of rotatable bonds is 5. The van der Waals surface area contributed by atoms with Gasteiger partial charge in [0.05, 0.1) is 31.7 Å². The standard InChI is InChI=1S/C24H21N3O3/c1-15-5-7-17(8-6-15)23-20-21(16-9-11-18(29-2)12-10-16)25-26-22(20)24(28)27(23)14-19-4-3-13-30-19/h3-13,23H,14H2,1-2H3,(H,25,26). The summed E-state index contributed by atoms with van der Waals surface area (Å²) < 4.78 is 10.8. The first-order valence-electron chi connectivity index (χ1n) is 9.78. The van der Waals surface area contributed by atoms with Crippen LogP contribution in [0.4, 0.5) is 0 Å². The van der Waals surface area contributed by atoms with Crippen LogP contribution in [0.25, 0.3) is 11.3 Å². The van der Waals surface area contributed by atoms with Crippen LogP contribution in [0.2, 0.25) is 0 Å². The van der Waals surface area contributed by atoms with E-state index in [0.29, 0.717) is 12.2 Å². The topological polar surface area (TPSA) is 71.4 Å². The van der Waals surface area contributed by atoms with Gasteiger partial charge in [-0.25, -0.2) is 0 Å². The van der Waals surface area contributed by atoms with E-state index in [2.05, 4.69) is 41.4 Å². The van der Waals surface area contributed by atoms with Gasteiger partial charge in [-0.1, -0.05) is 29.8 Å². The number of aryl methyl sites for hydroxylation is 1. The van der Waals surface area contributed by atoms with Gasteiger partial charge in [0, 0.05) is 11.1 Å². The highest BCUT2D eigenvalue weighted by Gasteiger charge is 2.42. The molecule has 2 aromatic heterocycles. The zero-order valence-corrected chi connectivity index (χ0v) is 16.8. The van der Waals surface area contributed by atoms with E-state index in [1.807, 2.05) is 41.3 Å². The highest BCUT2D eigenvalue weighted by Crippen LogP contribution is 2.43. The smallest absolute Gasteiger partial charge is 0.273 e.